The Balaban J connectivity index is 1.40. The van der Waals surface area contributed by atoms with Crippen molar-refractivity contribution in [2.24, 2.45) is 5.92 Å². The molecule has 5 heterocycles. The van der Waals surface area contributed by atoms with Crippen molar-refractivity contribution in [1.82, 2.24) is 19.7 Å². The number of fused-ring (bicyclic) bond motifs is 4. The van der Waals surface area contributed by atoms with Crippen molar-refractivity contribution in [2.75, 3.05) is 39.3 Å². The first kappa shape index (κ1) is 15.8. The second-order valence-corrected chi connectivity index (χ2v) is 7.57. The second-order valence-electron chi connectivity index (χ2n) is 6.85. The summed E-state index contributed by atoms with van der Waals surface area (Å²) in [6.07, 6.45) is 1.86. The van der Waals surface area contributed by atoms with E-state index < -0.39 is 0 Å². The monoisotopic (exact) mass is 350 g/mol. The average molecular weight is 350 g/mol. The molecule has 0 spiro atoms. The van der Waals surface area contributed by atoms with Gasteiger partial charge in [0.25, 0.3) is 0 Å². The summed E-state index contributed by atoms with van der Waals surface area (Å²) in [5, 5.41) is 2.09. The summed E-state index contributed by atoms with van der Waals surface area (Å²) in [5.41, 5.74) is 2.98. The van der Waals surface area contributed by atoms with E-state index >= 15 is 0 Å². The van der Waals surface area contributed by atoms with E-state index in [9.17, 15) is 9.59 Å². The van der Waals surface area contributed by atoms with Crippen molar-refractivity contribution in [1.29, 1.82) is 0 Å². The zero-order chi connectivity index (χ0) is 16.5. The highest BCUT2D eigenvalue weighted by molar-refractivity contribution is 7.07. The fourth-order valence-corrected chi connectivity index (χ4v) is 4.53. The number of aromatic nitrogens is 1. The van der Waals surface area contributed by atoms with Gasteiger partial charge in [-0.1, -0.05) is 0 Å². The number of thiazole rings is 1. The Morgan fingerprint density at radius 2 is 2.25 bits per heavy atom. The number of carbonyl (C=O) groups is 2. The summed E-state index contributed by atoms with van der Waals surface area (Å²) in [4.78, 5) is 34.6. The SMILES string of the molecule is O=C1OCCN1CC(=O)N1C[C@@H]2CC[C@H]1CN(Cc1cscn1)C2. The molecule has 4 saturated heterocycles. The number of cyclic esters (lactones) is 1. The minimum atomic E-state index is -0.367. The Labute approximate surface area is 145 Å². The summed E-state index contributed by atoms with van der Waals surface area (Å²) in [6.45, 7) is 4.63. The van der Waals surface area contributed by atoms with Crippen LogP contribution in [0.1, 0.15) is 18.5 Å². The van der Waals surface area contributed by atoms with Crippen LogP contribution in [0.2, 0.25) is 0 Å². The van der Waals surface area contributed by atoms with Crippen LogP contribution in [0.25, 0.3) is 0 Å². The first-order valence-electron chi connectivity index (χ1n) is 8.49. The zero-order valence-corrected chi connectivity index (χ0v) is 14.4. The molecule has 2 amide bonds. The van der Waals surface area contributed by atoms with Crippen molar-refractivity contribution in [3.05, 3.63) is 16.6 Å². The molecular formula is C16H22N4O3S. The fourth-order valence-electron chi connectivity index (χ4n) is 3.98. The molecule has 4 fully saturated rings. The van der Waals surface area contributed by atoms with Gasteiger partial charge < -0.3 is 9.64 Å². The highest BCUT2D eigenvalue weighted by Crippen LogP contribution is 2.29. The highest BCUT2D eigenvalue weighted by Gasteiger charge is 2.38. The van der Waals surface area contributed by atoms with Gasteiger partial charge in [-0.25, -0.2) is 9.78 Å². The number of hydrogen-bond donors (Lipinski definition) is 0. The summed E-state index contributed by atoms with van der Waals surface area (Å²) in [5.74, 6) is 0.566. The maximum atomic E-state index is 12.7. The molecule has 0 N–H and O–H groups in total. The molecule has 0 radical (unpaired) electrons. The van der Waals surface area contributed by atoms with Gasteiger partial charge in [-0.2, -0.15) is 0 Å². The van der Waals surface area contributed by atoms with E-state index in [0.717, 1.165) is 38.3 Å². The number of amides is 2. The van der Waals surface area contributed by atoms with Crippen LogP contribution >= 0.6 is 11.3 Å². The molecule has 4 aliphatic rings. The third kappa shape index (κ3) is 3.25. The molecule has 0 aliphatic carbocycles. The number of piperidine rings is 1. The van der Waals surface area contributed by atoms with E-state index in [1.807, 2.05) is 10.4 Å². The number of rotatable bonds is 4. The normalized spacial score (nSPS) is 27.4. The van der Waals surface area contributed by atoms with Crippen LogP contribution in [0, 0.1) is 5.92 Å². The molecule has 0 aromatic carbocycles. The van der Waals surface area contributed by atoms with E-state index in [4.69, 9.17) is 4.74 Å². The number of ether oxygens (including phenoxy) is 1. The average Bonchev–Trinajstić information content (AvgIpc) is 3.12. The lowest BCUT2D eigenvalue weighted by molar-refractivity contribution is -0.135. The minimum Gasteiger partial charge on any atom is -0.448 e. The lowest BCUT2D eigenvalue weighted by atomic mass is 9.95. The molecule has 0 unspecified atom stereocenters. The Kier molecular flexibility index (Phi) is 4.41. The van der Waals surface area contributed by atoms with Crippen LogP contribution in [-0.4, -0.2) is 77.1 Å². The van der Waals surface area contributed by atoms with Crippen molar-refractivity contribution in [3.8, 4) is 0 Å². The van der Waals surface area contributed by atoms with Crippen LogP contribution in [-0.2, 0) is 16.1 Å². The summed E-state index contributed by atoms with van der Waals surface area (Å²) in [7, 11) is 0. The smallest absolute Gasteiger partial charge is 0.410 e. The van der Waals surface area contributed by atoms with Gasteiger partial charge >= 0.3 is 6.09 Å². The minimum absolute atomic E-state index is 0.0547. The van der Waals surface area contributed by atoms with Crippen molar-refractivity contribution in [3.63, 3.8) is 0 Å². The molecule has 130 valence electrons. The van der Waals surface area contributed by atoms with Crippen LogP contribution in [0.4, 0.5) is 4.79 Å². The predicted octanol–water partition coefficient (Wildman–Crippen LogP) is 1.02. The molecule has 7 nitrogen and oxygen atoms in total. The third-order valence-electron chi connectivity index (χ3n) is 5.15. The van der Waals surface area contributed by atoms with Crippen molar-refractivity contribution < 1.29 is 14.3 Å². The van der Waals surface area contributed by atoms with Crippen molar-refractivity contribution >= 4 is 23.3 Å². The molecule has 1 aromatic heterocycles. The zero-order valence-electron chi connectivity index (χ0n) is 13.6. The van der Waals surface area contributed by atoms with Gasteiger partial charge in [0.1, 0.15) is 13.2 Å². The Morgan fingerprint density at radius 3 is 3.00 bits per heavy atom. The standard InChI is InChI=1S/C16H22N4O3S/c21-15(9-19-3-4-23-16(19)22)20-6-12-1-2-14(20)8-18(5-12)7-13-10-24-11-17-13/h10-12,14H,1-9H2/t12-,14+/m1/s1. The van der Waals surface area contributed by atoms with Crippen LogP contribution in [0.3, 0.4) is 0 Å². The van der Waals surface area contributed by atoms with E-state index in [0.29, 0.717) is 19.1 Å². The topological polar surface area (TPSA) is 66.0 Å². The lowest BCUT2D eigenvalue weighted by Gasteiger charge is -2.36. The van der Waals surface area contributed by atoms with Crippen molar-refractivity contribution in [2.45, 2.75) is 25.4 Å². The predicted molar refractivity (Wildman–Crippen MR) is 88.5 cm³/mol. The summed E-state index contributed by atoms with van der Waals surface area (Å²) >= 11 is 1.62. The Bertz CT molecular complexity index is 608. The fraction of sp³-hybridized carbons (Fsp3) is 0.688. The van der Waals surface area contributed by atoms with Gasteiger partial charge in [0, 0.05) is 37.6 Å². The van der Waals surface area contributed by atoms with Crippen LogP contribution in [0.15, 0.2) is 10.9 Å². The van der Waals surface area contributed by atoms with Gasteiger partial charge in [-0.15, -0.1) is 11.3 Å². The maximum Gasteiger partial charge on any atom is 0.410 e. The molecule has 2 bridgehead atoms. The van der Waals surface area contributed by atoms with E-state index in [-0.39, 0.29) is 24.6 Å². The molecule has 2 atom stereocenters. The van der Waals surface area contributed by atoms with E-state index in [2.05, 4.69) is 15.3 Å². The van der Waals surface area contributed by atoms with Crippen LogP contribution < -0.4 is 0 Å². The van der Waals surface area contributed by atoms with Crippen LogP contribution in [0.5, 0.6) is 0 Å². The summed E-state index contributed by atoms with van der Waals surface area (Å²) < 4.78 is 4.92. The maximum absolute atomic E-state index is 12.7. The first-order valence-corrected chi connectivity index (χ1v) is 9.44. The third-order valence-corrected chi connectivity index (χ3v) is 5.78. The van der Waals surface area contributed by atoms with Gasteiger partial charge in [0.2, 0.25) is 5.91 Å². The van der Waals surface area contributed by atoms with E-state index in [1.54, 1.807) is 11.3 Å². The quantitative estimate of drug-likeness (QED) is 0.811. The summed E-state index contributed by atoms with van der Waals surface area (Å²) in [6, 6.07) is 0.244. The van der Waals surface area contributed by atoms with Gasteiger partial charge in [0.05, 0.1) is 17.7 Å². The molecule has 0 saturated carbocycles. The molecule has 8 heteroatoms. The van der Waals surface area contributed by atoms with Gasteiger partial charge in [-0.3, -0.25) is 14.6 Å². The number of hydrogen-bond acceptors (Lipinski definition) is 6. The van der Waals surface area contributed by atoms with Gasteiger partial charge in [-0.05, 0) is 18.8 Å². The lowest BCUT2D eigenvalue weighted by Crippen LogP contribution is -2.50. The molecule has 24 heavy (non-hydrogen) atoms. The Morgan fingerprint density at radius 1 is 1.33 bits per heavy atom. The molecular weight excluding hydrogens is 328 g/mol. The highest BCUT2D eigenvalue weighted by atomic mass is 32.1. The first-order chi connectivity index (χ1) is 11.7. The van der Waals surface area contributed by atoms with Gasteiger partial charge in [0.15, 0.2) is 0 Å². The second kappa shape index (κ2) is 6.68. The number of carbonyl (C=O) groups excluding carboxylic acids is 2. The Hall–Kier alpha value is -1.67. The number of nitrogens with zero attached hydrogens (tertiary/aromatic N) is 4. The van der Waals surface area contributed by atoms with E-state index in [1.165, 1.54) is 11.3 Å². The largest absolute Gasteiger partial charge is 0.448 e. The molecule has 5 rings (SSSR count). The molecule has 4 aliphatic heterocycles. The molecule has 1 aromatic rings.